The Hall–Kier alpha value is -3.01. The van der Waals surface area contributed by atoms with Crippen molar-refractivity contribution >= 4 is 23.4 Å². The zero-order valence-corrected chi connectivity index (χ0v) is 16.6. The molecule has 0 aliphatic rings. The van der Waals surface area contributed by atoms with E-state index in [2.05, 4.69) is 25.2 Å². The quantitative estimate of drug-likeness (QED) is 0.554. The first-order chi connectivity index (χ1) is 14.0. The normalized spacial score (nSPS) is 12.0. The molecular formula is C19H19F2N5O2S. The summed E-state index contributed by atoms with van der Waals surface area (Å²) in [6.45, 7) is 1.49. The summed E-state index contributed by atoms with van der Waals surface area (Å²) in [6, 6.07) is 9.44. The van der Waals surface area contributed by atoms with Crippen molar-refractivity contribution in [2.24, 2.45) is 0 Å². The average Bonchev–Trinajstić information content (AvgIpc) is 3.12. The van der Waals surface area contributed by atoms with Gasteiger partial charge >= 0.3 is 6.61 Å². The van der Waals surface area contributed by atoms with Gasteiger partial charge in [0.15, 0.2) is 11.0 Å². The molecule has 1 amide bonds. The van der Waals surface area contributed by atoms with Crippen molar-refractivity contribution in [1.82, 2.24) is 19.7 Å². The highest BCUT2D eigenvalue weighted by Crippen LogP contribution is 2.27. The lowest BCUT2D eigenvalue weighted by Gasteiger charge is -2.13. The number of ether oxygens (including phenoxy) is 1. The van der Waals surface area contributed by atoms with Crippen molar-refractivity contribution in [3.05, 3.63) is 48.8 Å². The van der Waals surface area contributed by atoms with Crippen LogP contribution in [0.4, 0.5) is 14.5 Å². The zero-order chi connectivity index (χ0) is 20.8. The van der Waals surface area contributed by atoms with Crippen LogP contribution in [-0.4, -0.2) is 37.5 Å². The largest absolute Gasteiger partial charge is 0.435 e. The molecule has 10 heteroatoms. The number of hydrogen-bond acceptors (Lipinski definition) is 6. The molecule has 29 heavy (non-hydrogen) atoms. The molecule has 1 unspecified atom stereocenters. The highest BCUT2D eigenvalue weighted by molar-refractivity contribution is 8.00. The number of aromatic nitrogens is 4. The first-order valence-electron chi connectivity index (χ1n) is 8.84. The predicted molar refractivity (Wildman–Crippen MR) is 106 cm³/mol. The molecular weight excluding hydrogens is 400 g/mol. The van der Waals surface area contributed by atoms with Gasteiger partial charge in [0.25, 0.3) is 0 Å². The van der Waals surface area contributed by atoms with Gasteiger partial charge in [-0.2, -0.15) is 8.78 Å². The first kappa shape index (κ1) is 20.7. The molecule has 2 aromatic heterocycles. The summed E-state index contributed by atoms with van der Waals surface area (Å²) in [5.41, 5.74) is 1.38. The molecule has 0 saturated heterocycles. The van der Waals surface area contributed by atoms with Gasteiger partial charge in [-0.05, 0) is 50.2 Å². The molecule has 1 N–H and O–H groups in total. The number of rotatable bonds is 8. The number of halogens is 2. The Morgan fingerprint density at radius 2 is 1.86 bits per heavy atom. The number of carbonyl (C=O) groups is 1. The second-order valence-electron chi connectivity index (χ2n) is 5.94. The monoisotopic (exact) mass is 419 g/mol. The van der Waals surface area contributed by atoms with E-state index in [0.717, 1.165) is 5.56 Å². The Bertz CT molecular complexity index is 951. The van der Waals surface area contributed by atoms with E-state index in [0.29, 0.717) is 23.2 Å². The van der Waals surface area contributed by atoms with Gasteiger partial charge < -0.3 is 14.6 Å². The van der Waals surface area contributed by atoms with E-state index in [-0.39, 0.29) is 11.7 Å². The maximum Gasteiger partial charge on any atom is 0.387 e. The molecule has 0 aliphatic carbocycles. The van der Waals surface area contributed by atoms with Crippen molar-refractivity contribution in [3.8, 4) is 17.1 Å². The standard InChI is InChI=1S/C19H19F2N5O2S/c1-3-26-16(13-8-10-22-11-9-13)24-25-19(26)29-12(2)17(27)23-14-4-6-15(7-5-14)28-18(20)21/h4-12,18H,3H2,1-2H3,(H,23,27). The van der Waals surface area contributed by atoms with Gasteiger partial charge in [-0.25, -0.2) is 0 Å². The summed E-state index contributed by atoms with van der Waals surface area (Å²) in [5, 5.41) is 11.4. The van der Waals surface area contributed by atoms with E-state index in [1.807, 2.05) is 23.6 Å². The predicted octanol–water partition coefficient (Wildman–Crippen LogP) is 4.08. The molecule has 3 rings (SSSR count). The summed E-state index contributed by atoms with van der Waals surface area (Å²) < 4.78 is 30.6. The molecule has 1 atom stereocenters. The van der Waals surface area contributed by atoms with Gasteiger partial charge in [-0.15, -0.1) is 10.2 Å². The van der Waals surface area contributed by atoms with Crippen LogP contribution in [0.2, 0.25) is 0 Å². The molecule has 3 aromatic rings. The molecule has 1 aromatic carbocycles. The van der Waals surface area contributed by atoms with Gasteiger partial charge in [0.1, 0.15) is 5.75 Å². The van der Waals surface area contributed by atoms with Crippen LogP contribution in [0.1, 0.15) is 13.8 Å². The van der Waals surface area contributed by atoms with Crippen LogP contribution in [0.15, 0.2) is 53.9 Å². The number of pyridine rings is 1. The second-order valence-corrected chi connectivity index (χ2v) is 7.25. The van der Waals surface area contributed by atoms with E-state index in [9.17, 15) is 13.6 Å². The number of carbonyl (C=O) groups excluding carboxylic acids is 1. The SMILES string of the molecule is CCn1c(SC(C)C(=O)Nc2ccc(OC(F)F)cc2)nnc1-c1ccncc1. The molecule has 0 fully saturated rings. The average molecular weight is 419 g/mol. The minimum atomic E-state index is -2.89. The van der Waals surface area contributed by atoms with E-state index >= 15 is 0 Å². The summed E-state index contributed by atoms with van der Waals surface area (Å²) in [7, 11) is 0. The number of alkyl halides is 2. The van der Waals surface area contributed by atoms with Crippen molar-refractivity contribution in [2.45, 2.75) is 37.4 Å². The van der Waals surface area contributed by atoms with Crippen LogP contribution in [0.3, 0.4) is 0 Å². The van der Waals surface area contributed by atoms with Crippen LogP contribution in [-0.2, 0) is 11.3 Å². The van der Waals surface area contributed by atoms with Crippen LogP contribution >= 0.6 is 11.8 Å². The number of amides is 1. The first-order valence-corrected chi connectivity index (χ1v) is 9.72. The summed E-state index contributed by atoms with van der Waals surface area (Å²) in [5.74, 6) is 0.494. The molecule has 0 aliphatic heterocycles. The van der Waals surface area contributed by atoms with Crippen molar-refractivity contribution in [2.75, 3.05) is 5.32 Å². The number of nitrogens with zero attached hydrogens (tertiary/aromatic N) is 4. The van der Waals surface area contributed by atoms with Crippen molar-refractivity contribution in [1.29, 1.82) is 0 Å². The Kier molecular flexibility index (Phi) is 6.76. The highest BCUT2D eigenvalue weighted by Gasteiger charge is 2.20. The number of benzene rings is 1. The molecule has 0 saturated carbocycles. The lowest BCUT2D eigenvalue weighted by Crippen LogP contribution is -2.23. The Labute approximate surface area is 170 Å². The summed E-state index contributed by atoms with van der Waals surface area (Å²) >= 11 is 1.29. The molecule has 2 heterocycles. The van der Waals surface area contributed by atoms with Crippen LogP contribution in [0, 0.1) is 0 Å². The topological polar surface area (TPSA) is 81.9 Å². The zero-order valence-electron chi connectivity index (χ0n) is 15.8. The van der Waals surface area contributed by atoms with Crippen molar-refractivity contribution in [3.63, 3.8) is 0 Å². The third-order valence-electron chi connectivity index (χ3n) is 3.97. The van der Waals surface area contributed by atoms with Gasteiger partial charge in [0.2, 0.25) is 5.91 Å². The summed E-state index contributed by atoms with van der Waals surface area (Å²) in [6.07, 6.45) is 3.37. The van der Waals surface area contributed by atoms with Crippen molar-refractivity contribution < 1.29 is 18.3 Å². The van der Waals surface area contributed by atoms with Crippen LogP contribution < -0.4 is 10.1 Å². The number of thioether (sulfide) groups is 1. The third-order valence-corrected chi connectivity index (χ3v) is 5.05. The molecule has 0 spiro atoms. The molecule has 152 valence electrons. The van der Waals surface area contributed by atoms with Gasteiger partial charge in [0.05, 0.1) is 5.25 Å². The lowest BCUT2D eigenvalue weighted by atomic mass is 10.2. The minimum absolute atomic E-state index is 0.0279. The van der Waals surface area contributed by atoms with Gasteiger partial charge in [-0.1, -0.05) is 11.8 Å². The maximum absolute atomic E-state index is 12.5. The molecule has 0 radical (unpaired) electrons. The highest BCUT2D eigenvalue weighted by atomic mass is 32.2. The van der Waals surface area contributed by atoms with E-state index in [4.69, 9.17) is 0 Å². The van der Waals surface area contributed by atoms with E-state index in [1.54, 1.807) is 19.3 Å². The fourth-order valence-electron chi connectivity index (χ4n) is 2.55. The maximum atomic E-state index is 12.5. The summed E-state index contributed by atoms with van der Waals surface area (Å²) in [4.78, 5) is 16.5. The van der Waals surface area contributed by atoms with Crippen LogP contribution in [0.5, 0.6) is 5.75 Å². The molecule has 7 nitrogen and oxygen atoms in total. The van der Waals surface area contributed by atoms with Gasteiger partial charge in [0, 0.05) is 30.2 Å². The molecule has 0 bridgehead atoms. The fourth-order valence-corrected chi connectivity index (χ4v) is 3.46. The third kappa shape index (κ3) is 5.29. The Morgan fingerprint density at radius 3 is 2.48 bits per heavy atom. The lowest BCUT2D eigenvalue weighted by molar-refractivity contribution is -0.115. The van der Waals surface area contributed by atoms with E-state index in [1.165, 1.54) is 36.0 Å². The van der Waals surface area contributed by atoms with E-state index < -0.39 is 11.9 Å². The minimum Gasteiger partial charge on any atom is -0.435 e. The second kappa shape index (κ2) is 9.46. The number of hydrogen-bond donors (Lipinski definition) is 1. The smallest absolute Gasteiger partial charge is 0.387 e. The van der Waals surface area contributed by atoms with Crippen LogP contribution in [0.25, 0.3) is 11.4 Å². The van der Waals surface area contributed by atoms with Gasteiger partial charge in [-0.3, -0.25) is 9.78 Å². The fraction of sp³-hybridized carbons (Fsp3) is 0.263. The Balaban J connectivity index is 1.66. The number of nitrogens with one attached hydrogen (secondary N) is 1. The Morgan fingerprint density at radius 1 is 1.17 bits per heavy atom. The number of anilines is 1.